The molecule has 0 aliphatic heterocycles. The van der Waals surface area contributed by atoms with Crippen LogP contribution in [0.3, 0.4) is 0 Å². The third-order valence-corrected chi connectivity index (χ3v) is 3.83. The van der Waals surface area contributed by atoms with Crippen molar-refractivity contribution < 1.29 is 46.9 Å². The third kappa shape index (κ3) is 6.10. The van der Waals surface area contributed by atoms with Gasteiger partial charge < -0.3 is 18.9 Å². The molecule has 0 bridgehead atoms. The van der Waals surface area contributed by atoms with Crippen molar-refractivity contribution in [1.82, 2.24) is 0 Å². The van der Waals surface area contributed by atoms with Crippen molar-refractivity contribution in [3.05, 3.63) is 86.5 Å². The maximum atomic E-state index is 15.4. The SMILES string of the molecule is C=CC(=O)Oc1cc(OC(=O)C=C)cc(-c2cc(F)c(OC(=O)C=C)c(OC(=O)C=C)c2F)c1. The number of hydrogen-bond acceptors (Lipinski definition) is 8. The first-order valence-electron chi connectivity index (χ1n) is 9.17. The van der Waals surface area contributed by atoms with Gasteiger partial charge in [-0.3, -0.25) is 0 Å². The number of carbonyl (C=O) groups excluding carboxylic acids is 4. The van der Waals surface area contributed by atoms with E-state index in [-0.39, 0.29) is 17.1 Å². The molecule has 34 heavy (non-hydrogen) atoms. The van der Waals surface area contributed by atoms with Gasteiger partial charge in [0.05, 0.1) is 0 Å². The molecule has 0 N–H and O–H groups in total. The summed E-state index contributed by atoms with van der Waals surface area (Å²) >= 11 is 0. The summed E-state index contributed by atoms with van der Waals surface area (Å²) in [6, 6.07) is 3.97. The van der Waals surface area contributed by atoms with Gasteiger partial charge in [0.1, 0.15) is 11.5 Å². The Morgan fingerprint density at radius 3 is 1.47 bits per heavy atom. The lowest BCUT2D eigenvalue weighted by atomic mass is 10.0. The molecule has 2 aromatic rings. The number of benzene rings is 2. The molecular formula is C24H16F2O8. The van der Waals surface area contributed by atoms with Gasteiger partial charge in [-0.15, -0.1) is 0 Å². The normalized spacial score (nSPS) is 9.82. The van der Waals surface area contributed by atoms with Crippen LogP contribution in [0.25, 0.3) is 11.1 Å². The first-order chi connectivity index (χ1) is 16.1. The largest absolute Gasteiger partial charge is 0.423 e. The van der Waals surface area contributed by atoms with Gasteiger partial charge in [-0.1, -0.05) is 26.3 Å². The topological polar surface area (TPSA) is 105 Å². The van der Waals surface area contributed by atoms with Crippen LogP contribution in [-0.4, -0.2) is 23.9 Å². The highest BCUT2D eigenvalue weighted by molar-refractivity contribution is 5.88. The number of ether oxygens (including phenoxy) is 4. The van der Waals surface area contributed by atoms with E-state index >= 15 is 4.39 Å². The summed E-state index contributed by atoms with van der Waals surface area (Å²) in [7, 11) is 0. The molecule has 2 aromatic carbocycles. The van der Waals surface area contributed by atoms with Gasteiger partial charge in [-0.2, -0.15) is 0 Å². The van der Waals surface area contributed by atoms with Crippen molar-refractivity contribution in [2.45, 2.75) is 0 Å². The highest BCUT2D eigenvalue weighted by Crippen LogP contribution is 2.41. The van der Waals surface area contributed by atoms with E-state index in [9.17, 15) is 23.6 Å². The number of hydrogen-bond donors (Lipinski definition) is 0. The molecule has 0 heterocycles. The van der Waals surface area contributed by atoms with Crippen LogP contribution < -0.4 is 18.9 Å². The van der Waals surface area contributed by atoms with Gasteiger partial charge in [0, 0.05) is 35.9 Å². The number of esters is 4. The van der Waals surface area contributed by atoms with E-state index in [2.05, 4.69) is 31.1 Å². The summed E-state index contributed by atoms with van der Waals surface area (Å²) in [6.45, 7) is 12.8. The molecular weight excluding hydrogens is 454 g/mol. The van der Waals surface area contributed by atoms with E-state index in [1.807, 2.05) is 0 Å². The molecule has 0 spiro atoms. The first-order valence-corrected chi connectivity index (χ1v) is 9.17. The smallest absolute Gasteiger partial charge is 0.335 e. The summed E-state index contributed by atoms with van der Waals surface area (Å²) < 4.78 is 49.7. The van der Waals surface area contributed by atoms with Gasteiger partial charge >= 0.3 is 23.9 Å². The highest BCUT2D eigenvalue weighted by Gasteiger charge is 2.26. The predicted molar refractivity (Wildman–Crippen MR) is 115 cm³/mol. The van der Waals surface area contributed by atoms with Crippen LogP contribution in [0.15, 0.2) is 74.9 Å². The summed E-state index contributed by atoms with van der Waals surface area (Å²) in [5.41, 5.74) is -0.703. The minimum absolute atomic E-state index is 0.171. The van der Waals surface area contributed by atoms with Gasteiger partial charge in [-0.25, -0.2) is 28.0 Å². The number of halogens is 2. The summed E-state index contributed by atoms with van der Waals surface area (Å²) in [5, 5.41) is 0. The van der Waals surface area contributed by atoms with Crippen molar-refractivity contribution in [3.8, 4) is 34.1 Å². The fourth-order valence-corrected chi connectivity index (χ4v) is 2.43. The molecule has 174 valence electrons. The van der Waals surface area contributed by atoms with E-state index in [0.29, 0.717) is 18.2 Å². The standard InChI is InChI=1S/C24H16F2O8/c1-5-18(27)31-14-9-13(10-15(11-14)32-19(28)6-2)16-12-17(25)23(33-20(29)7-3)24(22(16)26)34-21(30)8-4/h5-12H,1-4H2. The molecule has 0 unspecified atom stereocenters. The van der Waals surface area contributed by atoms with Crippen LogP contribution in [0.1, 0.15) is 0 Å². The zero-order valence-corrected chi connectivity index (χ0v) is 17.5. The molecule has 0 radical (unpaired) electrons. The Balaban J connectivity index is 2.76. The van der Waals surface area contributed by atoms with Crippen LogP contribution in [0.2, 0.25) is 0 Å². The fourth-order valence-electron chi connectivity index (χ4n) is 2.43. The average molecular weight is 470 g/mol. The summed E-state index contributed by atoms with van der Waals surface area (Å²) in [5.74, 6) is -9.27. The Morgan fingerprint density at radius 2 is 1.03 bits per heavy atom. The van der Waals surface area contributed by atoms with Gasteiger partial charge in [0.25, 0.3) is 0 Å². The minimum atomic E-state index is -1.34. The Hall–Kier alpha value is -4.86. The molecule has 2 rings (SSSR count). The summed E-state index contributed by atoms with van der Waals surface area (Å²) in [6.07, 6.45) is 3.04. The lowest BCUT2D eigenvalue weighted by molar-refractivity contribution is -0.132. The zero-order valence-electron chi connectivity index (χ0n) is 17.5. The van der Waals surface area contributed by atoms with Crippen molar-refractivity contribution in [2.24, 2.45) is 0 Å². The second-order valence-corrected chi connectivity index (χ2v) is 6.07. The van der Waals surface area contributed by atoms with Crippen molar-refractivity contribution in [3.63, 3.8) is 0 Å². The molecule has 0 aliphatic rings. The second-order valence-electron chi connectivity index (χ2n) is 6.07. The Morgan fingerprint density at radius 1 is 0.618 bits per heavy atom. The Kier molecular flexibility index (Phi) is 8.32. The van der Waals surface area contributed by atoms with Gasteiger partial charge in [0.15, 0.2) is 11.6 Å². The fraction of sp³-hybridized carbons (Fsp3) is 0. The molecule has 0 saturated carbocycles. The van der Waals surface area contributed by atoms with Crippen molar-refractivity contribution >= 4 is 23.9 Å². The molecule has 0 saturated heterocycles. The molecule has 0 atom stereocenters. The van der Waals surface area contributed by atoms with Crippen molar-refractivity contribution in [1.29, 1.82) is 0 Å². The lowest BCUT2D eigenvalue weighted by Gasteiger charge is -2.15. The van der Waals surface area contributed by atoms with E-state index in [1.165, 1.54) is 0 Å². The molecule has 0 aromatic heterocycles. The monoisotopic (exact) mass is 470 g/mol. The highest BCUT2D eigenvalue weighted by atomic mass is 19.1. The van der Waals surface area contributed by atoms with Crippen LogP contribution in [0.4, 0.5) is 8.78 Å². The molecule has 8 nitrogen and oxygen atoms in total. The molecule has 10 heteroatoms. The second kappa shape index (κ2) is 11.1. The number of rotatable bonds is 9. The maximum Gasteiger partial charge on any atom is 0.335 e. The van der Waals surface area contributed by atoms with Crippen molar-refractivity contribution in [2.75, 3.05) is 0 Å². The zero-order chi connectivity index (χ0) is 25.4. The Bertz CT molecular complexity index is 1190. The Labute approximate surface area is 192 Å². The van der Waals surface area contributed by atoms with Crippen LogP contribution in [-0.2, 0) is 19.2 Å². The van der Waals surface area contributed by atoms with Crippen LogP contribution >= 0.6 is 0 Å². The quantitative estimate of drug-likeness (QED) is 0.308. The average Bonchev–Trinajstić information content (AvgIpc) is 2.82. The van der Waals surface area contributed by atoms with Gasteiger partial charge in [0.2, 0.25) is 11.5 Å². The van der Waals surface area contributed by atoms with E-state index in [4.69, 9.17) is 14.2 Å². The van der Waals surface area contributed by atoms with E-state index in [0.717, 1.165) is 30.4 Å². The summed E-state index contributed by atoms with van der Waals surface area (Å²) in [4.78, 5) is 46.5. The van der Waals surface area contributed by atoms with Gasteiger partial charge in [-0.05, 0) is 23.8 Å². The maximum absolute atomic E-state index is 15.4. The lowest BCUT2D eigenvalue weighted by Crippen LogP contribution is -2.12. The first kappa shape index (κ1) is 25.4. The predicted octanol–water partition coefficient (Wildman–Crippen LogP) is 4.00. The number of carbonyl (C=O) groups is 4. The molecule has 0 amide bonds. The van der Waals surface area contributed by atoms with E-state index < -0.39 is 52.6 Å². The van der Waals surface area contributed by atoms with Crippen LogP contribution in [0.5, 0.6) is 23.0 Å². The van der Waals surface area contributed by atoms with E-state index in [1.54, 1.807) is 0 Å². The molecule has 0 aliphatic carbocycles. The van der Waals surface area contributed by atoms with Crippen LogP contribution in [0, 0.1) is 11.6 Å². The minimum Gasteiger partial charge on any atom is -0.423 e. The molecule has 0 fully saturated rings. The third-order valence-electron chi connectivity index (χ3n) is 3.83.